The number of ether oxygens (including phenoxy) is 1. The van der Waals surface area contributed by atoms with Gasteiger partial charge >= 0.3 is 0 Å². The van der Waals surface area contributed by atoms with E-state index >= 15 is 0 Å². The molecule has 1 amide bonds. The smallest absolute Gasteiger partial charge is 0.280 e. The minimum absolute atomic E-state index is 0.0807. The molecule has 16 heteroatoms. The first kappa shape index (κ1) is 30.3. The Bertz CT molecular complexity index is 1870. The van der Waals surface area contributed by atoms with Crippen LogP contribution in [0.15, 0.2) is 68.9 Å². The second-order valence-corrected chi connectivity index (χ2v) is 13.0. The summed E-state index contributed by atoms with van der Waals surface area (Å²) in [6.07, 6.45) is 0.960. The van der Waals surface area contributed by atoms with Crippen molar-refractivity contribution in [2.24, 2.45) is 4.99 Å². The van der Waals surface area contributed by atoms with Gasteiger partial charge in [-0.15, -0.1) is 0 Å². The summed E-state index contributed by atoms with van der Waals surface area (Å²) in [5, 5.41) is 5.72. The number of aryl methyl sites for hydroxylation is 1. The topological polar surface area (TPSA) is 204 Å². The number of guanidine groups is 1. The van der Waals surface area contributed by atoms with E-state index in [9.17, 15) is 13.2 Å². The van der Waals surface area contributed by atoms with Gasteiger partial charge < -0.3 is 25.9 Å². The van der Waals surface area contributed by atoms with E-state index in [-0.39, 0.29) is 53.0 Å². The summed E-state index contributed by atoms with van der Waals surface area (Å²) in [5.74, 6) is 1.01. The molecule has 1 spiro atoms. The van der Waals surface area contributed by atoms with Crippen LogP contribution in [-0.4, -0.2) is 64.7 Å². The highest BCUT2D eigenvalue weighted by Gasteiger charge is 2.42. The average molecular weight is 652 g/mol. The Hall–Kier alpha value is -4.73. The number of carbonyl (C=O) groups is 1. The molecule has 4 heterocycles. The van der Waals surface area contributed by atoms with Gasteiger partial charge in [-0.05, 0) is 56.2 Å². The Labute approximate surface area is 263 Å². The van der Waals surface area contributed by atoms with E-state index < -0.39 is 21.5 Å². The van der Waals surface area contributed by atoms with Gasteiger partial charge in [0.25, 0.3) is 5.91 Å². The molecule has 45 heavy (non-hydrogen) atoms. The molecule has 2 aliphatic heterocycles. The highest BCUT2D eigenvalue weighted by atomic mass is 35.5. The van der Waals surface area contributed by atoms with Gasteiger partial charge in [-0.25, -0.2) is 23.4 Å². The van der Waals surface area contributed by atoms with Gasteiger partial charge in [0.2, 0.25) is 15.9 Å². The number of amides is 1. The Kier molecular flexibility index (Phi) is 8.07. The van der Waals surface area contributed by atoms with Gasteiger partial charge in [0, 0.05) is 18.7 Å². The average Bonchev–Trinajstić information content (AvgIpc) is 3.61. The zero-order chi connectivity index (χ0) is 31.8. The minimum Gasteiger partial charge on any atom is -0.487 e. The number of nitrogens with zero attached hydrogens (tertiary/aromatic N) is 5. The normalized spacial score (nSPS) is 16.3. The third-order valence-electron chi connectivity index (χ3n) is 7.71. The summed E-state index contributed by atoms with van der Waals surface area (Å²) in [6, 6.07) is 15.9. The van der Waals surface area contributed by atoms with Crippen LogP contribution in [-0.2, 0) is 16.6 Å². The molecule has 0 aliphatic carbocycles. The van der Waals surface area contributed by atoms with Gasteiger partial charge in [0.15, 0.2) is 28.4 Å². The number of nitrogen functional groups attached to an aromatic ring is 2. The maximum absolute atomic E-state index is 13.4. The number of carbonyl (C=O) groups excluding carboxylic acids is 1. The number of hydrogen-bond acceptors (Lipinski definition) is 12. The zero-order valence-electron chi connectivity index (χ0n) is 24.2. The van der Waals surface area contributed by atoms with Crippen LogP contribution in [0.1, 0.15) is 34.8 Å². The molecule has 0 bridgehead atoms. The molecule has 4 aromatic rings. The van der Waals surface area contributed by atoms with Crippen molar-refractivity contribution in [1.82, 2.24) is 29.9 Å². The lowest BCUT2D eigenvalue weighted by Gasteiger charge is -2.38. The zero-order valence-corrected chi connectivity index (χ0v) is 25.7. The molecule has 0 radical (unpaired) electrons. The van der Waals surface area contributed by atoms with Crippen molar-refractivity contribution in [3.8, 4) is 17.2 Å². The first-order valence-corrected chi connectivity index (χ1v) is 15.8. The van der Waals surface area contributed by atoms with E-state index in [0.717, 1.165) is 5.56 Å². The first-order chi connectivity index (χ1) is 21.5. The number of aromatic nitrogens is 3. The molecule has 6 rings (SSSR count). The highest BCUT2D eigenvalue weighted by Crippen LogP contribution is 2.30. The molecule has 2 aromatic heterocycles. The second kappa shape index (κ2) is 12.0. The Morgan fingerprint density at radius 3 is 2.49 bits per heavy atom. The lowest BCUT2D eigenvalue weighted by Crippen LogP contribution is -2.56. The number of piperidine rings is 1. The third kappa shape index (κ3) is 6.27. The fourth-order valence-corrected chi connectivity index (χ4v) is 6.69. The van der Waals surface area contributed by atoms with Crippen LogP contribution in [0, 0.1) is 6.92 Å². The standard InChI is InChI=1S/C29H30ClN9O5S/c1-17-21(34-27(44-17)18-5-3-2-4-6-18)15-43-19-7-9-20(10-8-19)45(41,42)39-13-11-29(12-14-39)16-33-28(38-29)37-26(40)22-24(31)36-25(32)23(30)35-22/h2-10H,11-16H2,1H3,(H4,31,32,36)(H2,33,37,38,40). The summed E-state index contributed by atoms with van der Waals surface area (Å²) in [7, 11) is -3.74. The summed E-state index contributed by atoms with van der Waals surface area (Å²) < 4.78 is 40.0. The molecule has 1 saturated heterocycles. The number of nitrogens with one attached hydrogen (secondary N) is 2. The Morgan fingerprint density at radius 1 is 1.07 bits per heavy atom. The molecule has 1 fully saturated rings. The summed E-state index contributed by atoms with van der Waals surface area (Å²) in [4.78, 5) is 29.5. The van der Waals surface area contributed by atoms with Gasteiger partial charge in [0.1, 0.15) is 23.8 Å². The molecule has 0 saturated carbocycles. The number of rotatable bonds is 7. The number of aliphatic imine (C=N–C) groups is 1. The summed E-state index contributed by atoms with van der Waals surface area (Å²) in [5.41, 5.74) is 12.2. The van der Waals surface area contributed by atoms with Crippen molar-refractivity contribution in [2.45, 2.75) is 36.8 Å². The maximum atomic E-state index is 13.4. The fourth-order valence-electron chi connectivity index (χ4n) is 5.12. The monoisotopic (exact) mass is 651 g/mol. The quantitative estimate of drug-likeness (QED) is 0.229. The van der Waals surface area contributed by atoms with E-state index in [0.29, 0.717) is 42.5 Å². The van der Waals surface area contributed by atoms with E-state index in [2.05, 4.69) is 30.6 Å². The predicted molar refractivity (Wildman–Crippen MR) is 167 cm³/mol. The fraction of sp³-hybridized carbons (Fsp3) is 0.276. The third-order valence-corrected chi connectivity index (χ3v) is 9.90. The number of anilines is 2. The van der Waals surface area contributed by atoms with Crippen molar-refractivity contribution in [1.29, 1.82) is 0 Å². The molecular formula is C29H30ClN9O5S. The molecule has 6 N–H and O–H groups in total. The molecule has 234 valence electrons. The lowest BCUT2D eigenvalue weighted by atomic mass is 9.89. The van der Waals surface area contributed by atoms with Crippen LogP contribution in [0.3, 0.4) is 0 Å². The van der Waals surface area contributed by atoms with Crippen molar-refractivity contribution in [3.05, 3.63) is 76.9 Å². The second-order valence-electron chi connectivity index (χ2n) is 10.7. The van der Waals surface area contributed by atoms with Crippen LogP contribution >= 0.6 is 11.6 Å². The summed E-state index contributed by atoms with van der Waals surface area (Å²) >= 11 is 5.88. The van der Waals surface area contributed by atoms with Gasteiger partial charge in [-0.3, -0.25) is 15.1 Å². The maximum Gasteiger partial charge on any atom is 0.280 e. The van der Waals surface area contributed by atoms with Gasteiger partial charge in [-0.2, -0.15) is 4.31 Å². The van der Waals surface area contributed by atoms with E-state index in [1.165, 1.54) is 16.4 Å². The Morgan fingerprint density at radius 2 is 1.78 bits per heavy atom. The minimum atomic E-state index is -3.74. The van der Waals surface area contributed by atoms with Crippen LogP contribution in [0.25, 0.3) is 11.5 Å². The van der Waals surface area contributed by atoms with E-state index in [1.807, 2.05) is 37.3 Å². The molecular weight excluding hydrogens is 622 g/mol. The molecule has 14 nitrogen and oxygen atoms in total. The van der Waals surface area contributed by atoms with Crippen LogP contribution in [0.4, 0.5) is 11.6 Å². The van der Waals surface area contributed by atoms with E-state index in [1.54, 1.807) is 12.1 Å². The highest BCUT2D eigenvalue weighted by molar-refractivity contribution is 7.89. The number of benzene rings is 2. The predicted octanol–water partition coefficient (Wildman–Crippen LogP) is 2.75. The molecule has 0 atom stereocenters. The largest absolute Gasteiger partial charge is 0.487 e. The number of hydrogen-bond donors (Lipinski definition) is 4. The SMILES string of the molecule is Cc1oc(-c2ccccc2)nc1COc1ccc(S(=O)(=O)N2CCC3(CC2)CN=C(NC(=O)c2nc(Cl)c(N)nc2N)N3)cc1. The molecule has 2 aliphatic rings. The molecule has 0 unspecified atom stereocenters. The summed E-state index contributed by atoms with van der Waals surface area (Å²) in [6.45, 7) is 2.90. The van der Waals surface area contributed by atoms with Crippen LogP contribution < -0.4 is 26.8 Å². The van der Waals surface area contributed by atoms with Crippen molar-refractivity contribution >= 4 is 45.1 Å². The van der Waals surface area contributed by atoms with Crippen molar-refractivity contribution in [2.75, 3.05) is 31.1 Å². The molecule has 2 aromatic carbocycles. The van der Waals surface area contributed by atoms with Crippen molar-refractivity contribution < 1.29 is 22.4 Å². The van der Waals surface area contributed by atoms with Gasteiger partial charge in [0.05, 0.1) is 17.0 Å². The number of oxazole rings is 1. The number of nitrogens with two attached hydrogens (primary N) is 2. The van der Waals surface area contributed by atoms with Crippen molar-refractivity contribution in [3.63, 3.8) is 0 Å². The number of halogens is 1. The lowest BCUT2D eigenvalue weighted by molar-refractivity contribution is 0.0971. The van der Waals surface area contributed by atoms with Crippen LogP contribution in [0.5, 0.6) is 5.75 Å². The van der Waals surface area contributed by atoms with E-state index in [4.69, 9.17) is 32.2 Å². The van der Waals surface area contributed by atoms with Gasteiger partial charge in [-0.1, -0.05) is 29.8 Å². The Balaban J connectivity index is 1.02. The number of sulfonamides is 1. The van der Waals surface area contributed by atoms with Crippen LogP contribution in [0.2, 0.25) is 5.15 Å². The first-order valence-electron chi connectivity index (χ1n) is 14.0.